The highest BCUT2D eigenvalue weighted by Gasteiger charge is 2.39. The van der Waals surface area contributed by atoms with Crippen LogP contribution in [0.25, 0.3) is 11.1 Å². The van der Waals surface area contributed by atoms with Crippen molar-refractivity contribution >= 4 is 17.4 Å². The summed E-state index contributed by atoms with van der Waals surface area (Å²) in [5.74, 6) is 1.38. The van der Waals surface area contributed by atoms with Crippen LogP contribution in [0.3, 0.4) is 0 Å². The highest BCUT2D eigenvalue weighted by Crippen LogP contribution is 2.41. The third kappa shape index (κ3) is 6.12. The number of nitrogens with zero attached hydrogens (tertiary/aromatic N) is 2. The fourth-order valence-electron chi connectivity index (χ4n) is 5.41. The zero-order chi connectivity index (χ0) is 26.8. The van der Waals surface area contributed by atoms with Crippen molar-refractivity contribution in [1.82, 2.24) is 4.98 Å². The van der Waals surface area contributed by atoms with E-state index in [4.69, 9.17) is 25.8 Å². The van der Waals surface area contributed by atoms with Crippen LogP contribution in [0.4, 0.5) is 0 Å². The van der Waals surface area contributed by atoms with Crippen LogP contribution < -0.4 is 9.47 Å². The maximum Gasteiger partial charge on any atom is 0.221 e. The molecule has 0 bridgehead atoms. The van der Waals surface area contributed by atoms with E-state index >= 15 is 0 Å². The van der Waals surface area contributed by atoms with Gasteiger partial charge in [-0.2, -0.15) is 5.26 Å². The lowest BCUT2D eigenvalue weighted by atomic mass is 9.78. The highest BCUT2D eigenvalue weighted by molar-refractivity contribution is 6.32. The minimum Gasteiger partial charge on any atom is -0.481 e. The molecule has 192 valence electrons. The van der Waals surface area contributed by atoms with Crippen molar-refractivity contribution < 1.29 is 19.0 Å². The third-order valence-electron chi connectivity index (χ3n) is 6.45. The fraction of sp³-hybridized carbons (Fsp3) is 0.367. The van der Waals surface area contributed by atoms with Gasteiger partial charge in [-0.3, -0.25) is 4.79 Å². The van der Waals surface area contributed by atoms with Gasteiger partial charge in [0.15, 0.2) is 5.78 Å². The molecule has 0 aliphatic carbocycles. The molecule has 0 N–H and O–H groups in total. The molecule has 1 saturated heterocycles. The van der Waals surface area contributed by atoms with Crippen molar-refractivity contribution in [3.63, 3.8) is 0 Å². The number of ketones is 1. The van der Waals surface area contributed by atoms with E-state index in [1.54, 1.807) is 42.6 Å². The van der Waals surface area contributed by atoms with Crippen molar-refractivity contribution in [2.75, 3.05) is 7.11 Å². The van der Waals surface area contributed by atoms with Crippen LogP contribution in [-0.2, 0) is 4.74 Å². The van der Waals surface area contributed by atoms with Crippen LogP contribution >= 0.6 is 11.6 Å². The molecule has 2 heterocycles. The van der Waals surface area contributed by atoms with Crippen LogP contribution in [0.2, 0.25) is 5.02 Å². The minimum absolute atomic E-state index is 0.0373. The van der Waals surface area contributed by atoms with Gasteiger partial charge in [-0.25, -0.2) is 4.98 Å². The SMILES string of the molecule is COc1ncccc1-c1cccc(Oc2ccc(C(=O)CC3CC(C)(C)OC(C)(C)C3)cc2Cl)c1C#N. The summed E-state index contributed by atoms with van der Waals surface area (Å²) < 4.78 is 17.6. The van der Waals surface area contributed by atoms with E-state index in [1.165, 1.54) is 7.11 Å². The van der Waals surface area contributed by atoms with Crippen LogP contribution in [0.15, 0.2) is 54.7 Å². The molecule has 4 rings (SSSR count). The Morgan fingerprint density at radius 3 is 2.43 bits per heavy atom. The second kappa shape index (κ2) is 10.5. The number of Topliss-reactive ketones (excluding diaryl/α,β-unsaturated/α-hetero) is 1. The van der Waals surface area contributed by atoms with E-state index in [2.05, 4.69) is 38.7 Å². The Morgan fingerprint density at radius 1 is 1.08 bits per heavy atom. The molecule has 6 nitrogen and oxygen atoms in total. The van der Waals surface area contributed by atoms with E-state index in [9.17, 15) is 10.1 Å². The van der Waals surface area contributed by atoms with E-state index < -0.39 is 0 Å². The van der Waals surface area contributed by atoms with Gasteiger partial charge in [-0.05, 0) is 82.9 Å². The summed E-state index contributed by atoms with van der Waals surface area (Å²) in [4.78, 5) is 17.3. The molecule has 37 heavy (non-hydrogen) atoms. The second-order valence-corrected chi connectivity index (χ2v) is 11.0. The van der Waals surface area contributed by atoms with E-state index in [0.29, 0.717) is 51.1 Å². The largest absolute Gasteiger partial charge is 0.481 e. The van der Waals surface area contributed by atoms with Gasteiger partial charge < -0.3 is 14.2 Å². The summed E-state index contributed by atoms with van der Waals surface area (Å²) in [6.07, 6.45) is 3.71. The van der Waals surface area contributed by atoms with E-state index in [-0.39, 0.29) is 22.9 Å². The van der Waals surface area contributed by atoms with Gasteiger partial charge in [-0.15, -0.1) is 0 Å². The first kappa shape index (κ1) is 26.7. The van der Waals surface area contributed by atoms with Crippen LogP contribution in [0.5, 0.6) is 17.4 Å². The molecule has 2 aromatic carbocycles. The summed E-state index contributed by atoms with van der Waals surface area (Å²) in [7, 11) is 1.53. The quantitative estimate of drug-likeness (QED) is 0.299. The predicted octanol–water partition coefficient (Wildman–Crippen LogP) is 7.63. The predicted molar refractivity (Wildman–Crippen MR) is 143 cm³/mol. The molecule has 0 spiro atoms. The molecule has 0 unspecified atom stereocenters. The normalized spacial score (nSPS) is 16.6. The molecule has 1 fully saturated rings. The Balaban J connectivity index is 1.55. The first-order valence-electron chi connectivity index (χ1n) is 12.3. The maximum atomic E-state index is 13.1. The summed E-state index contributed by atoms with van der Waals surface area (Å²) in [6, 6.07) is 16.2. The summed E-state index contributed by atoms with van der Waals surface area (Å²) in [6.45, 7) is 8.29. The molecule has 1 aliphatic rings. The second-order valence-electron chi connectivity index (χ2n) is 10.6. The molecule has 1 aromatic heterocycles. The molecular formula is C30H31ClN2O4. The number of ether oxygens (including phenoxy) is 3. The standard InChI is InChI=1S/C30H31ClN2O4/c1-29(2)16-19(17-30(3,4)37-29)14-25(34)20-11-12-27(24(31)15-20)36-26-10-6-8-21(23(26)18-32)22-9-7-13-33-28(22)35-5/h6-13,15,19H,14,16-17H2,1-5H3. The number of pyridine rings is 1. The molecule has 1 aliphatic heterocycles. The van der Waals surface area contributed by atoms with Gasteiger partial charge in [0.05, 0.1) is 23.3 Å². The summed E-state index contributed by atoms with van der Waals surface area (Å²) in [5.41, 5.74) is 1.64. The zero-order valence-electron chi connectivity index (χ0n) is 21.8. The Hall–Kier alpha value is -3.40. The van der Waals surface area contributed by atoms with Gasteiger partial charge in [-0.1, -0.05) is 23.7 Å². The number of nitriles is 1. The Morgan fingerprint density at radius 2 is 1.78 bits per heavy atom. The summed E-state index contributed by atoms with van der Waals surface area (Å²) >= 11 is 6.55. The number of hydrogen-bond acceptors (Lipinski definition) is 6. The number of hydrogen-bond donors (Lipinski definition) is 0. The molecule has 3 aromatic rings. The van der Waals surface area contributed by atoms with Crippen LogP contribution in [-0.4, -0.2) is 29.1 Å². The summed E-state index contributed by atoms with van der Waals surface area (Å²) in [5, 5.41) is 10.2. The lowest BCUT2D eigenvalue weighted by molar-refractivity contribution is -0.171. The molecule has 0 amide bonds. The molecule has 7 heteroatoms. The number of halogens is 1. The van der Waals surface area contributed by atoms with Gasteiger partial charge in [0.1, 0.15) is 23.1 Å². The number of methoxy groups -OCH3 is 1. The smallest absolute Gasteiger partial charge is 0.221 e. The molecular weight excluding hydrogens is 488 g/mol. The third-order valence-corrected chi connectivity index (χ3v) is 6.75. The maximum absolute atomic E-state index is 13.1. The van der Waals surface area contributed by atoms with E-state index in [1.807, 2.05) is 12.1 Å². The van der Waals surface area contributed by atoms with Gasteiger partial charge in [0, 0.05) is 29.3 Å². The van der Waals surface area contributed by atoms with Crippen molar-refractivity contribution in [3.8, 4) is 34.6 Å². The number of benzene rings is 2. The lowest BCUT2D eigenvalue weighted by Crippen LogP contribution is -2.45. The Kier molecular flexibility index (Phi) is 7.59. The first-order chi connectivity index (χ1) is 17.5. The minimum atomic E-state index is -0.269. The number of aromatic nitrogens is 1. The molecule has 0 atom stereocenters. The van der Waals surface area contributed by atoms with Crippen LogP contribution in [0, 0.1) is 17.2 Å². The highest BCUT2D eigenvalue weighted by atomic mass is 35.5. The number of carbonyl (C=O) groups excluding carboxylic acids is 1. The average Bonchev–Trinajstić information content (AvgIpc) is 2.83. The zero-order valence-corrected chi connectivity index (χ0v) is 22.6. The molecule has 0 radical (unpaired) electrons. The fourth-order valence-corrected chi connectivity index (χ4v) is 5.63. The van der Waals surface area contributed by atoms with Gasteiger partial charge in [0.2, 0.25) is 5.88 Å². The average molecular weight is 519 g/mol. The van der Waals surface area contributed by atoms with E-state index in [0.717, 1.165) is 12.8 Å². The monoisotopic (exact) mass is 518 g/mol. The van der Waals surface area contributed by atoms with Crippen molar-refractivity contribution in [3.05, 3.63) is 70.9 Å². The Labute approximate surface area is 223 Å². The Bertz CT molecular complexity index is 1340. The number of carbonyl (C=O) groups is 1. The first-order valence-corrected chi connectivity index (χ1v) is 12.6. The van der Waals surface area contributed by atoms with Gasteiger partial charge >= 0.3 is 0 Å². The number of rotatable bonds is 7. The lowest BCUT2D eigenvalue weighted by Gasteiger charge is -2.45. The van der Waals surface area contributed by atoms with Gasteiger partial charge in [0.25, 0.3) is 0 Å². The van der Waals surface area contributed by atoms with Crippen LogP contribution in [0.1, 0.15) is 62.9 Å². The molecule has 0 saturated carbocycles. The van der Waals surface area contributed by atoms with Crippen molar-refractivity contribution in [1.29, 1.82) is 5.26 Å². The topological polar surface area (TPSA) is 81.4 Å². The van der Waals surface area contributed by atoms with Crippen molar-refractivity contribution in [2.24, 2.45) is 5.92 Å². The van der Waals surface area contributed by atoms with Crippen molar-refractivity contribution in [2.45, 2.75) is 58.2 Å².